The number of benzene rings is 1. The lowest BCUT2D eigenvalue weighted by Gasteiger charge is -2.21. The van der Waals surface area contributed by atoms with E-state index >= 15 is 0 Å². The molecular weight excluding hydrogens is 238 g/mol. The molecule has 4 nitrogen and oxygen atoms in total. The molecule has 1 aromatic heterocycles. The van der Waals surface area contributed by atoms with Gasteiger partial charge in [0, 0.05) is 5.56 Å². The van der Waals surface area contributed by atoms with Gasteiger partial charge in [0.05, 0.1) is 5.54 Å². The van der Waals surface area contributed by atoms with Crippen LogP contribution in [0.1, 0.15) is 45.0 Å². The maximum Gasteiger partial charge on any atom is 0.257 e. The summed E-state index contributed by atoms with van der Waals surface area (Å²) < 4.78 is 5.33. The third kappa shape index (κ3) is 2.68. The number of aryl methyl sites for hydroxylation is 1. The van der Waals surface area contributed by atoms with Crippen LogP contribution in [-0.4, -0.2) is 10.1 Å². The van der Waals surface area contributed by atoms with Gasteiger partial charge in [0.2, 0.25) is 0 Å². The minimum absolute atomic E-state index is 0.495. The standard InChI is InChI=1S/C15H21N3O/c1-4-11-7-9-12(10-8-11)13-17-14(18-19-13)15(16,5-2)6-3/h7-10H,4-6,16H2,1-3H3. The Morgan fingerprint density at radius 3 is 2.26 bits per heavy atom. The van der Waals surface area contributed by atoms with Crippen molar-refractivity contribution in [2.45, 2.75) is 45.6 Å². The van der Waals surface area contributed by atoms with Crippen molar-refractivity contribution < 1.29 is 4.52 Å². The predicted octanol–water partition coefficient (Wildman–Crippen LogP) is 3.27. The van der Waals surface area contributed by atoms with E-state index in [-0.39, 0.29) is 0 Å². The highest BCUT2D eigenvalue weighted by molar-refractivity contribution is 5.53. The average Bonchev–Trinajstić information content (AvgIpc) is 2.97. The third-order valence-electron chi connectivity index (χ3n) is 3.74. The lowest BCUT2D eigenvalue weighted by Crippen LogP contribution is -2.36. The van der Waals surface area contributed by atoms with Crippen LogP contribution in [0.5, 0.6) is 0 Å². The van der Waals surface area contributed by atoms with Crippen molar-refractivity contribution in [3.05, 3.63) is 35.7 Å². The molecule has 0 atom stereocenters. The van der Waals surface area contributed by atoms with Crippen molar-refractivity contribution in [2.75, 3.05) is 0 Å². The molecule has 0 saturated heterocycles. The second-order valence-electron chi connectivity index (χ2n) is 4.84. The van der Waals surface area contributed by atoms with Crippen molar-refractivity contribution in [1.29, 1.82) is 0 Å². The molecular formula is C15H21N3O. The number of hydrogen-bond donors (Lipinski definition) is 1. The Hall–Kier alpha value is -1.68. The lowest BCUT2D eigenvalue weighted by molar-refractivity contribution is 0.350. The van der Waals surface area contributed by atoms with E-state index in [0.717, 1.165) is 24.8 Å². The molecule has 0 spiro atoms. The summed E-state index contributed by atoms with van der Waals surface area (Å²) in [5.41, 5.74) is 8.00. The Morgan fingerprint density at radius 2 is 1.74 bits per heavy atom. The summed E-state index contributed by atoms with van der Waals surface area (Å²) in [4.78, 5) is 4.45. The molecule has 1 aromatic carbocycles. The maximum atomic E-state index is 6.27. The number of hydrogen-bond acceptors (Lipinski definition) is 4. The lowest BCUT2D eigenvalue weighted by atomic mass is 9.93. The van der Waals surface area contributed by atoms with Gasteiger partial charge in [0.25, 0.3) is 5.89 Å². The van der Waals surface area contributed by atoms with E-state index in [1.54, 1.807) is 0 Å². The summed E-state index contributed by atoms with van der Waals surface area (Å²) in [6.45, 7) is 6.20. The fourth-order valence-corrected chi connectivity index (χ4v) is 1.99. The largest absolute Gasteiger partial charge is 0.334 e. The van der Waals surface area contributed by atoms with E-state index in [2.05, 4.69) is 29.2 Å². The Bertz CT molecular complexity index is 527. The van der Waals surface area contributed by atoms with E-state index in [1.165, 1.54) is 5.56 Å². The SMILES string of the molecule is CCc1ccc(-c2nc(C(N)(CC)CC)no2)cc1. The monoisotopic (exact) mass is 259 g/mol. The first kappa shape index (κ1) is 13.7. The van der Waals surface area contributed by atoms with Gasteiger partial charge in [-0.2, -0.15) is 4.98 Å². The zero-order chi connectivity index (χ0) is 13.9. The first-order valence-electron chi connectivity index (χ1n) is 6.85. The Balaban J connectivity index is 2.29. The molecule has 0 aliphatic carbocycles. The van der Waals surface area contributed by atoms with Crippen molar-refractivity contribution in [3.8, 4) is 11.5 Å². The van der Waals surface area contributed by atoms with Gasteiger partial charge in [-0.1, -0.05) is 38.1 Å². The average molecular weight is 259 g/mol. The minimum atomic E-state index is -0.495. The highest BCUT2D eigenvalue weighted by Crippen LogP contribution is 2.26. The van der Waals surface area contributed by atoms with Crippen LogP contribution >= 0.6 is 0 Å². The Morgan fingerprint density at radius 1 is 1.11 bits per heavy atom. The first-order chi connectivity index (χ1) is 9.12. The van der Waals surface area contributed by atoms with Crippen LogP contribution in [0.15, 0.2) is 28.8 Å². The van der Waals surface area contributed by atoms with Crippen LogP contribution in [0, 0.1) is 0 Å². The van der Waals surface area contributed by atoms with Crippen LogP contribution in [0.2, 0.25) is 0 Å². The summed E-state index contributed by atoms with van der Waals surface area (Å²) in [6.07, 6.45) is 2.60. The summed E-state index contributed by atoms with van der Waals surface area (Å²) >= 11 is 0. The smallest absolute Gasteiger partial charge is 0.257 e. The fourth-order valence-electron chi connectivity index (χ4n) is 1.99. The molecule has 4 heteroatoms. The normalized spacial score (nSPS) is 11.8. The van der Waals surface area contributed by atoms with Crippen LogP contribution in [-0.2, 0) is 12.0 Å². The van der Waals surface area contributed by atoms with Gasteiger partial charge in [0.1, 0.15) is 0 Å². The molecule has 1 heterocycles. The van der Waals surface area contributed by atoms with E-state index in [1.807, 2.05) is 26.0 Å². The molecule has 0 aliphatic rings. The number of nitrogens with zero attached hydrogens (tertiary/aromatic N) is 2. The predicted molar refractivity (Wildman–Crippen MR) is 75.6 cm³/mol. The molecule has 0 saturated carbocycles. The Labute approximate surface area is 114 Å². The summed E-state index contributed by atoms with van der Waals surface area (Å²) in [5.74, 6) is 1.13. The Kier molecular flexibility index (Phi) is 4.00. The van der Waals surface area contributed by atoms with Crippen molar-refractivity contribution in [3.63, 3.8) is 0 Å². The third-order valence-corrected chi connectivity index (χ3v) is 3.74. The van der Waals surface area contributed by atoms with Gasteiger partial charge < -0.3 is 10.3 Å². The summed E-state index contributed by atoms with van der Waals surface area (Å²) in [5, 5.41) is 4.04. The van der Waals surface area contributed by atoms with E-state index < -0.39 is 5.54 Å². The topological polar surface area (TPSA) is 64.9 Å². The molecule has 0 bridgehead atoms. The van der Waals surface area contributed by atoms with Crippen LogP contribution in [0.3, 0.4) is 0 Å². The summed E-state index contributed by atoms with van der Waals surface area (Å²) in [6, 6.07) is 8.17. The van der Waals surface area contributed by atoms with Crippen molar-refractivity contribution in [2.24, 2.45) is 5.73 Å². The van der Waals surface area contributed by atoms with Gasteiger partial charge in [-0.05, 0) is 37.0 Å². The maximum absolute atomic E-state index is 6.27. The number of rotatable bonds is 5. The van der Waals surface area contributed by atoms with Gasteiger partial charge in [0.15, 0.2) is 5.82 Å². The summed E-state index contributed by atoms with van der Waals surface area (Å²) in [7, 11) is 0. The molecule has 0 aliphatic heterocycles. The molecule has 2 rings (SSSR count). The molecule has 19 heavy (non-hydrogen) atoms. The zero-order valence-electron chi connectivity index (χ0n) is 11.8. The molecule has 0 amide bonds. The van der Waals surface area contributed by atoms with E-state index in [4.69, 9.17) is 10.3 Å². The first-order valence-corrected chi connectivity index (χ1v) is 6.85. The second-order valence-corrected chi connectivity index (χ2v) is 4.84. The molecule has 0 radical (unpaired) electrons. The number of nitrogens with two attached hydrogens (primary N) is 1. The highest BCUT2D eigenvalue weighted by atomic mass is 16.5. The van der Waals surface area contributed by atoms with E-state index in [0.29, 0.717) is 11.7 Å². The fraction of sp³-hybridized carbons (Fsp3) is 0.467. The van der Waals surface area contributed by atoms with Crippen molar-refractivity contribution >= 4 is 0 Å². The van der Waals surface area contributed by atoms with E-state index in [9.17, 15) is 0 Å². The van der Waals surface area contributed by atoms with Gasteiger partial charge in [-0.25, -0.2) is 0 Å². The van der Waals surface area contributed by atoms with Crippen LogP contribution in [0.4, 0.5) is 0 Å². The van der Waals surface area contributed by atoms with Gasteiger partial charge in [-0.15, -0.1) is 0 Å². The van der Waals surface area contributed by atoms with Gasteiger partial charge >= 0.3 is 0 Å². The molecule has 0 unspecified atom stereocenters. The van der Waals surface area contributed by atoms with Crippen LogP contribution in [0.25, 0.3) is 11.5 Å². The molecule has 2 N–H and O–H groups in total. The van der Waals surface area contributed by atoms with Crippen molar-refractivity contribution in [1.82, 2.24) is 10.1 Å². The second kappa shape index (κ2) is 5.53. The molecule has 2 aromatic rings. The quantitative estimate of drug-likeness (QED) is 0.895. The minimum Gasteiger partial charge on any atom is -0.334 e. The highest BCUT2D eigenvalue weighted by Gasteiger charge is 2.29. The molecule has 0 fully saturated rings. The van der Waals surface area contributed by atoms with Crippen LogP contribution < -0.4 is 5.73 Å². The molecule has 102 valence electrons. The number of aromatic nitrogens is 2. The zero-order valence-corrected chi connectivity index (χ0v) is 11.8. The van der Waals surface area contributed by atoms with Gasteiger partial charge in [-0.3, -0.25) is 0 Å².